The van der Waals surface area contributed by atoms with Crippen LogP contribution in [-0.2, 0) is 11.3 Å². The number of carbonyl (C=O) groups is 1. The lowest BCUT2D eigenvalue weighted by atomic mass is 9.88. The topological polar surface area (TPSA) is 23.6 Å². The predicted molar refractivity (Wildman–Crippen MR) is 123 cm³/mol. The van der Waals surface area contributed by atoms with Gasteiger partial charge in [0.15, 0.2) is 0 Å². The monoisotopic (exact) mass is 418 g/mol. The second-order valence-corrected chi connectivity index (χ2v) is 8.30. The zero-order chi connectivity index (χ0) is 20.8. The van der Waals surface area contributed by atoms with Crippen molar-refractivity contribution in [1.29, 1.82) is 0 Å². The zero-order valence-corrected chi connectivity index (χ0v) is 17.8. The maximum Gasteiger partial charge on any atom is 0.223 e. The molecule has 0 radical (unpaired) electrons. The van der Waals surface area contributed by atoms with E-state index in [1.807, 2.05) is 53.4 Å². The molecule has 30 heavy (non-hydrogen) atoms. The van der Waals surface area contributed by atoms with Crippen LogP contribution in [0.3, 0.4) is 0 Å². The summed E-state index contributed by atoms with van der Waals surface area (Å²) in [6, 6.07) is 28.7. The molecule has 154 valence electrons. The Morgan fingerprint density at radius 2 is 1.33 bits per heavy atom. The summed E-state index contributed by atoms with van der Waals surface area (Å²) >= 11 is 6.08. The minimum absolute atomic E-state index is 0.0401. The first-order valence-corrected chi connectivity index (χ1v) is 10.9. The van der Waals surface area contributed by atoms with Crippen LogP contribution in [0.4, 0.5) is 0 Å². The minimum Gasteiger partial charge on any atom is -0.340 e. The van der Waals surface area contributed by atoms with E-state index in [9.17, 15) is 4.79 Å². The first-order valence-electron chi connectivity index (χ1n) is 10.5. The van der Waals surface area contributed by atoms with Crippen LogP contribution in [0.5, 0.6) is 0 Å². The molecule has 0 aliphatic carbocycles. The van der Waals surface area contributed by atoms with Gasteiger partial charge in [0.25, 0.3) is 0 Å². The van der Waals surface area contributed by atoms with Crippen LogP contribution in [0, 0.1) is 0 Å². The van der Waals surface area contributed by atoms with Gasteiger partial charge >= 0.3 is 0 Å². The Morgan fingerprint density at radius 3 is 1.97 bits per heavy atom. The quantitative estimate of drug-likeness (QED) is 0.548. The smallest absolute Gasteiger partial charge is 0.223 e. The van der Waals surface area contributed by atoms with E-state index in [1.54, 1.807) is 0 Å². The van der Waals surface area contributed by atoms with Crippen molar-refractivity contribution < 1.29 is 4.79 Å². The maximum absolute atomic E-state index is 13.2. The van der Waals surface area contributed by atoms with Gasteiger partial charge in [0.05, 0.1) is 0 Å². The molecule has 3 aromatic rings. The third kappa shape index (κ3) is 5.29. The van der Waals surface area contributed by atoms with Gasteiger partial charge in [-0.3, -0.25) is 9.69 Å². The van der Waals surface area contributed by atoms with Gasteiger partial charge in [-0.15, -0.1) is 0 Å². The number of carbonyl (C=O) groups excluding carboxylic acids is 1. The lowest BCUT2D eigenvalue weighted by molar-refractivity contribution is -0.133. The van der Waals surface area contributed by atoms with E-state index in [2.05, 4.69) is 41.3 Å². The number of benzene rings is 3. The molecule has 1 heterocycles. The molecule has 4 rings (SSSR count). The second kappa shape index (κ2) is 9.92. The molecule has 0 saturated carbocycles. The highest BCUT2D eigenvalue weighted by Crippen LogP contribution is 2.30. The molecular formula is C26H27ClN2O. The summed E-state index contributed by atoms with van der Waals surface area (Å²) in [4.78, 5) is 17.6. The Morgan fingerprint density at radius 1 is 0.767 bits per heavy atom. The van der Waals surface area contributed by atoms with Crippen LogP contribution in [0.2, 0.25) is 5.02 Å². The molecule has 0 N–H and O–H groups in total. The van der Waals surface area contributed by atoms with Gasteiger partial charge in [-0.05, 0) is 28.8 Å². The van der Waals surface area contributed by atoms with Crippen molar-refractivity contribution in [3.63, 3.8) is 0 Å². The summed E-state index contributed by atoms with van der Waals surface area (Å²) < 4.78 is 0. The first-order chi connectivity index (χ1) is 14.7. The number of nitrogens with zero attached hydrogens (tertiary/aromatic N) is 2. The van der Waals surface area contributed by atoms with Gasteiger partial charge in [0.2, 0.25) is 5.91 Å². The number of rotatable bonds is 6. The maximum atomic E-state index is 13.2. The number of halogens is 1. The molecule has 1 fully saturated rings. The molecule has 3 aromatic carbocycles. The molecule has 1 unspecified atom stereocenters. The molecule has 0 bridgehead atoms. The lowest BCUT2D eigenvalue weighted by Crippen LogP contribution is -2.48. The van der Waals surface area contributed by atoms with Crippen LogP contribution in [0.15, 0.2) is 84.9 Å². The number of piperazine rings is 1. The highest BCUT2D eigenvalue weighted by molar-refractivity contribution is 6.30. The summed E-state index contributed by atoms with van der Waals surface area (Å²) in [7, 11) is 0. The van der Waals surface area contributed by atoms with Crippen molar-refractivity contribution in [3.05, 3.63) is 107 Å². The lowest BCUT2D eigenvalue weighted by Gasteiger charge is -2.35. The van der Waals surface area contributed by atoms with Gasteiger partial charge in [-0.2, -0.15) is 0 Å². The van der Waals surface area contributed by atoms with Gasteiger partial charge < -0.3 is 4.90 Å². The Labute approximate surface area is 183 Å². The second-order valence-electron chi connectivity index (χ2n) is 7.86. The van der Waals surface area contributed by atoms with E-state index >= 15 is 0 Å². The predicted octanol–water partition coefficient (Wildman–Crippen LogP) is 5.21. The van der Waals surface area contributed by atoms with E-state index in [1.165, 1.54) is 5.56 Å². The van der Waals surface area contributed by atoms with E-state index in [-0.39, 0.29) is 11.8 Å². The van der Waals surface area contributed by atoms with E-state index in [0.717, 1.165) is 43.9 Å². The summed E-state index contributed by atoms with van der Waals surface area (Å²) in [6.45, 7) is 4.34. The Kier molecular flexibility index (Phi) is 6.83. The molecule has 1 aliphatic rings. The molecule has 0 aromatic heterocycles. The fourth-order valence-electron chi connectivity index (χ4n) is 4.11. The summed E-state index contributed by atoms with van der Waals surface area (Å²) in [5.74, 6) is 0.261. The Balaban J connectivity index is 1.40. The number of amides is 1. The molecule has 3 nitrogen and oxygen atoms in total. The average Bonchev–Trinajstić information content (AvgIpc) is 2.80. The minimum atomic E-state index is 0.0401. The van der Waals surface area contributed by atoms with Crippen LogP contribution in [0.25, 0.3) is 0 Å². The third-order valence-electron chi connectivity index (χ3n) is 5.83. The molecule has 1 aliphatic heterocycles. The van der Waals surface area contributed by atoms with Crippen LogP contribution >= 0.6 is 11.6 Å². The first kappa shape index (κ1) is 20.6. The molecule has 0 spiro atoms. The highest BCUT2D eigenvalue weighted by Gasteiger charge is 2.25. The van der Waals surface area contributed by atoms with Crippen molar-refractivity contribution >= 4 is 17.5 Å². The van der Waals surface area contributed by atoms with E-state index in [0.29, 0.717) is 11.4 Å². The molecule has 4 heteroatoms. The van der Waals surface area contributed by atoms with E-state index < -0.39 is 0 Å². The molecule has 1 saturated heterocycles. The standard InChI is InChI=1S/C26H27ClN2O/c27-24-13-11-23(12-14-24)25(22-9-5-2-6-10-22)19-26(30)29-17-15-28(16-18-29)20-21-7-3-1-4-8-21/h1-14,25H,15-20H2. The molecule has 1 amide bonds. The van der Waals surface area contributed by atoms with Crippen molar-refractivity contribution in [2.24, 2.45) is 0 Å². The summed E-state index contributed by atoms with van der Waals surface area (Å²) in [5.41, 5.74) is 3.61. The van der Waals surface area contributed by atoms with Gasteiger partial charge in [-0.25, -0.2) is 0 Å². The van der Waals surface area contributed by atoms with Crippen molar-refractivity contribution in [2.45, 2.75) is 18.9 Å². The SMILES string of the molecule is O=C(CC(c1ccccc1)c1ccc(Cl)cc1)N1CCN(Cc2ccccc2)CC1. The Hall–Kier alpha value is -2.62. The van der Waals surface area contributed by atoms with Crippen molar-refractivity contribution in [2.75, 3.05) is 26.2 Å². The van der Waals surface area contributed by atoms with Gasteiger partial charge in [0, 0.05) is 50.1 Å². The highest BCUT2D eigenvalue weighted by atomic mass is 35.5. The fourth-order valence-corrected chi connectivity index (χ4v) is 4.24. The molecule has 1 atom stereocenters. The van der Waals surface area contributed by atoms with Crippen molar-refractivity contribution in [3.8, 4) is 0 Å². The average molecular weight is 419 g/mol. The van der Waals surface area contributed by atoms with E-state index in [4.69, 9.17) is 11.6 Å². The summed E-state index contributed by atoms with van der Waals surface area (Å²) in [6.07, 6.45) is 0.477. The zero-order valence-electron chi connectivity index (χ0n) is 17.1. The van der Waals surface area contributed by atoms with Crippen molar-refractivity contribution in [1.82, 2.24) is 9.80 Å². The largest absolute Gasteiger partial charge is 0.340 e. The fraction of sp³-hybridized carbons (Fsp3) is 0.269. The normalized spacial score (nSPS) is 15.7. The number of hydrogen-bond donors (Lipinski definition) is 0. The summed E-state index contributed by atoms with van der Waals surface area (Å²) in [5, 5.41) is 0.714. The van der Waals surface area contributed by atoms with Gasteiger partial charge in [0.1, 0.15) is 0 Å². The van der Waals surface area contributed by atoms with Crippen LogP contribution in [-0.4, -0.2) is 41.9 Å². The number of hydrogen-bond acceptors (Lipinski definition) is 2. The van der Waals surface area contributed by atoms with Crippen LogP contribution < -0.4 is 0 Å². The molecular weight excluding hydrogens is 392 g/mol. The Bertz CT molecular complexity index is 936. The third-order valence-corrected chi connectivity index (χ3v) is 6.08. The van der Waals surface area contributed by atoms with Crippen LogP contribution in [0.1, 0.15) is 29.0 Å². The van der Waals surface area contributed by atoms with Gasteiger partial charge in [-0.1, -0.05) is 84.4 Å².